The third kappa shape index (κ3) is 3.06. The van der Waals surface area contributed by atoms with E-state index in [9.17, 15) is 0 Å². The van der Waals surface area contributed by atoms with E-state index < -0.39 is 6.17 Å². The van der Waals surface area contributed by atoms with Crippen LogP contribution in [0.1, 0.15) is 18.3 Å². The summed E-state index contributed by atoms with van der Waals surface area (Å²) in [6, 6.07) is 12.9. The van der Waals surface area contributed by atoms with Crippen LogP contribution in [0.2, 0.25) is 10.0 Å². The van der Waals surface area contributed by atoms with Crippen LogP contribution >= 0.6 is 23.2 Å². The Balaban J connectivity index is 1.48. The van der Waals surface area contributed by atoms with Crippen molar-refractivity contribution in [2.24, 2.45) is 10.7 Å². The molecule has 10 heteroatoms. The molecule has 6 rings (SSSR count). The average Bonchev–Trinajstić information content (AvgIpc) is 3.32. The largest absolute Gasteiger partial charge is 0.489 e. The lowest BCUT2D eigenvalue weighted by Crippen LogP contribution is -2.31. The highest BCUT2D eigenvalue weighted by atomic mass is 35.5. The highest BCUT2D eigenvalue weighted by Gasteiger charge is 2.29. The van der Waals surface area contributed by atoms with Gasteiger partial charge in [0.05, 0.1) is 34.3 Å². The number of nitrogens with one attached hydrogen (secondary N) is 1. The summed E-state index contributed by atoms with van der Waals surface area (Å²) in [7, 11) is 0. The van der Waals surface area contributed by atoms with Crippen molar-refractivity contribution in [3.05, 3.63) is 58.3 Å². The van der Waals surface area contributed by atoms with Gasteiger partial charge in [0, 0.05) is 24.1 Å². The second-order valence-electron chi connectivity index (χ2n) is 7.46. The standard InChI is InChI=1S/C22H17Cl2N5O3/c23-12-4-1-3-11(19(12)24)15-5-6-16(32-15)20-27-21(25)28-22-26-13-9-17-18(10-14(13)29(20)22)31-8-2-7-30-17/h1,3-6,9-10,20H,2,7-8H2,(H3,25,26,27,28). The Morgan fingerprint density at radius 3 is 2.72 bits per heavy atom. The minimum Gasteiger partial charge on any atom is -0.489 e. The van der Waals surface area contributed by atoms with E-state index in [1.54, 1.807) is 6.07 Å². The van der Waals surface area contributed by atoms with Crippen LogP contribution in [0.15, 0.2) is 51.9 Å². The highest BCUT2D eigenvalue weighted by molar-refractivity contribution is 6.43. The minimum absolute atomic E-state index is 0.241. The second kappa shape index (κ2) is 7.36. The summed E-state index contributed by atoms with van der Waals surface area (Å²) in [5, 5.41) is 3.91. The lowest BCUT2D eigenvalue weighted by atomic mass is 10.2. The Bertz CT molecular complexity index is 1390. The van der Waals surface area contributed by atoms with Crippen molar-refractivity contribution in [3.8, 4) is 22.8 Å². The van der Waals surface area contributed by atoms with Crippen molar-refractivity contribution in [2.75, 3.05) is 18.5 Å². The second-order valence-corrected chi connectivity index (χ2v) is 8.25. The van der Waals surface area contributed by atoms with E-state index in [1.165, 1.54) is 0 Å². The Morgan fingerprint density at radius 2 is 1.88 bits per heavy atom. The summed E-state index contributed by atoms with van der Waals surface area (Å²) in [4.78, 5) is 9.26. The number of aromatic nitrogens is 2. The Hall–Kier alpha value is -3.36. The van der Waals surface area contributed by atoms with Gasteiger partial charge in [-0.05, 0) is 24.3 Å². The first-order valence-corrected chi connectivity index (χ1v) is 10.8. The number of ether oxygens (including phenoxy) is 2. The van der Waals surface area contributed by atoms with Crippen LogP contribution < -0.4 is 20.5 Å². The van der Waals surface area contributed by atoms with Gasteiger partial charge in [-0.15, -0.1) is 0 Å². The molecule has 2 aromatic carbocycles. The van der Waals surface area contributed by atoms with Crippen molar-refractivity contribution >= 4 is 46.1 Å². The van der Waals surface area contributed by atoms with Crippen molar-refractivity contribution in [3.63, 3.8) is 0 Å². The van der Waals surface area contributed by atoms with Crippen LogP contribution in [-0.4, -0.2) is 28.7 Å². The van der Waals surface area contributed by atoms with Gasteiger partial charge in [0.25, 0.3) is 0 Å². The number of guanidine groups is 1. The number of furan rings is 1. The van der Waals surface area contributed by atoms with Crippen LogP contribution in [0.3, 0.4) is 0 Å². The molecule has 0 fully saturated rings. The Kier molecular flexibility index (Phi) is 4.44. The lowest BCUT2D eigenvalue weighted by molar-refractivity contribution is 0.297. The Labute approximate surface area is 192 Å². The molecular weight excluding hydrogens is 453 g/mol. The SMILES string of the molecule is NC1=NC(c2ccc(-c3cccc(Cl)c3Cl)o2)n2c(nc3cc4c(cc32)OCCCO4)N1. The first-order chi connectivity index (χ1) is 15.6. The van der Waals surface area contributed by atoms with E-state index in [0.717, 1.165) is 17.5 Å². The summed E-state index contributed by atoms with van der Waals surface area (Å²) >= 11 is 12.5. The van der Waals surface area contributed by atoms with E-state index in [1.807, 2.05) is 41.0 Å². The molecule has 0 spiro atoms. The van der Waals surface area contributed by atoms with E-state index in [2.05, 4.69) is 15.3 Å². The number of hydrogen-bond acceptors (Lipinski definition) is 7. The van der Waals surface area contributed by atoms with Gasteiger partial charge in [-0.1, -0.05) is 29.3 Å². The molecule has 4 aromatic rings. The number of benzene rings is 2. The zero-order chi connectivity index (χ0) is 21.8. The Morgan fingerprint density at radius 1 is 1.06 bits per heavy atom. The van der Waals surface area contributed by atoms with Gasteiger partial charge in [-0.3, -0.25) is 9.88 Å². The zero-order valence-corrected chi connectivity index (χ0v) is 18.2. The number of nitrogens with two attached hydrogens (primary N) is 1. The molecule has 2 aromatic heterocycles. The molecule has 0 aliphatic carbocycles. The van der Waals surface area contributed by atoms with Crippen LogP contribution in [-0.2, 0) is 0 Å². The summed E-state index contributed by atoms with van der Waals surface area (Å²) in [6.45, 7) is 1.19. The molecule has 4 heterocycles. The zero-order valence-electron chi connectivity index (χ0n) is 16.6. The number of aliphatic imine (C=N–C) groups is 1. The number of fused-ring (bicyclic) bond motifs is 4. The van der Waals surface area contributed by atoms with Gasteiger partial charge in [0.2, 0.25) is 5.95 Å². The molecule has 3 N–H and O–H groups in total. The first kappa shape index (κ1) is 19.3. The van der Waals surface area contributed by atoms with Crippen LogP contribution in [0, 0.1) is 0 Å². The predicted octanol–water partition coefficient (Wildman–Crippen LogP) is 5.05. The maximum Gasteiger partial charge on any atom is 0.212 e. The number of halogens is 2. The first-order valence-electron chi connectivity index (χ1n) is 10.0. The van der Waals surface area contributed by atoms with E-state index in [4.69, 9.17) is 42.8 Å². The number of hydrogen-bond donors (Lipinski definition) is 2. The summed E-state index contributed by atoms with van der Waals surface area (Å²) < 4.78 is 19.8. The fourth-order valence-electron chi connectivity index (χ4n) is 3.95. The topological polar surface area (TPSA) is 99.8 Å². The minimum atomic E-state index is -0.562. The predicted molar refractivity (Wildman–Crippen MR) is 123 cm³/mol. The average molecular weight is 470 g/mol. The summed E-state index contributed by atoms with van der Waals surface area (Å²) in [6.07, 6.45) is 0.261. The fourth-order valence-corrected chi connectivity index (χ4v) is 4.34. The quantitative estimate of drug-likeness (QED) is 0.425. The highest BCUT2D eigenvalue weighted by Crippen LogP contribution is 2.41. The van der Waals surface area contributed by atoms with Crippen molar-refractivity contribution < 1.29 is 13.9 Å². The van der Waals surface area contributed by atoms with E-state index in [0.29, 0.717) is 57.8 Å². The molecule has 32 heavy (non-hydrogen) atoms. The molecule has 0 amide bonds. The van der Waals surface area contributed by atoms with Crippen molar-refractivity contribution in [1.82, 2.24) is 9.55 Å². The molecule has 0 radical (unpaired) electrons. The van der Waals surface area contributed by atoms with Gasteiger partial charge >= 0.3 is 0 Å². The summed E-state index contributed by atoms with van der Waals surface area (Å²) in [5.74, 6) is 3.29. The maximum absolute atomic E-state index is 6.38. The van der Waals surface area contributed by atoms with Gasteiger partial charge in [0.15, 0.2) is 23.6 Å². The molecule has 8 nitrogen and oxygen atoms in total. The lowest BCUT2D eigenvalue weighted by Gasteiger charge is -2.22. The van der Waals surface area contributed by atoms with Crippen LogP contribution in [0.25, 0.3) is 22.4 Å². The van der Waals surface area contributed by atoms with Crippen molar-refractivity contribution in [2.45, 2.75) is 12.6 Å². The van der Waals surface area contributed by atoms with Gasteiger partial charge in [-0.25, -0.2) is 9.98 Å². The number of imidazole rings is 1. The molecule has 1 unspecified atom stereocenters. The third-order valence-electron chi connectivity index (χ3n) is 5.40. The monoisotopic (exact) mass is 469 g/mol. The number of nitrogens with zero attached hydrogens (tertiary/aromatic N) is 3. The van der Waals surface area contributed by atoms with Crippen LogP contribution in [0.5, 0.6) is 11.5 Å². The maximum atomic E-state index is 6.38. The van der Waals surface area contributed by atoms with Gasteiger partial charge in [-0.2, -0.15) is 0 Å². The molecule has 162 valence electrons. The smallest absolute Gasteiger partial charge is 0.212 e. The van der Waals surface area contributed by atoms with Crippen LogP contribution in [0.4, 0.5) is 5.95 Å². The molecule has 0 saturated carbocycles. The molecule has 1 atom stereocenters. The van der Waals surface area contributed by atoms with Gasteiger partial charge < -0.3 is 19.6 Å². The molecule has 2 aliphatic heterocycles. The van der Waals surface area contributed by atoms with Crippen molar-refractivity contribution in [1.29, 1.82) is 0 Å². The third-order valence-corrected chi connectivity index (χ3v) is 6.22. The number of anilines is 1. The fraction of sp³-hybridized carbons (Fsp3) is 0.182. The summed E-state index contributed by atoms with van der Waals surface area (Å²) in [5.41, 5.74) is 8.31. The molecular formula is C22H17Cl2N5O3. The molecule has 0 bridgehead atoms. The molecule has 2 aliphatic rings. The van der Waals surface area contributed by atoms with Gasteiger partial charge in [0.1, 0.15) is 11.5 Å². The van der Waals surface area contributed by atoms with E-state index >= 15 is 0 Å². The normalized spacial score (nSPS) is 17.4. The molecule has 0 saturated heterocycles. The number of rotatable bonds is 2. The van der Waals surface area contributed by atoms with E-state index in [-0.39, 0.29) is 5.96 Å².